The number of phenolic OH excluding ortho intramolecular Hbond substituents is 1. The van der Waals surface area contributed by atoms with Crippen molar-refractivity contribution in [3.05, 3.63) is 59.2 Å². The Morgan fingerprint density at radius 2 is 1.86 bits per heavy atom. The van der Waals surface area contributed by atoms with Crippen molar-refractivity contribution in [2.75, 3.05) is 11.9 Å². The van der Waals surface area contributed by atoms with Gasteiger partial charge in [-0.1, -0.05) is 25.1 Å². The van der Waals surface area contributed by atoms with Crippen molar-refractivity contribution in [3.63, 3.8) is 0 Å². The van der Waals surface area contributed by atoms with E-state index in [1.807, 2.05) is 19.1 Å². The van der Waals surface area contributed by atoms with Gasteiger partial charge in [-0.05, 0) is 60.1 Å². The minimum atomic E-state index is -2.94. The van der Waals surface area contributed by atoms with E-state index in [2.05, 4.69) is 5.32 Å². The van der Waals surface area contributed by atoms with Crippen molar-refractivity contribution < 1.29 is 24.1 Å². The van der Waals surface area contributed by atoms with E-state index >= 15 is 0 Å². The van der Waals surface area contributed by atoms with Gasteiger partial charge in [0.25, 0.3) is 0 Å². The summed E-state index contributed by atoms with van der Waals surface area (Å²) in [6.45, 7) is 1.71. The molecule has 28 heavy (non-hydrogen) atoms. The maximum absolute atomic E-state index is 13.8. The number of aliphatic hydroxyl groups excluding tert-OH is 2. The Morgan fingerprint density at radius 3 is 2.46 bits per heavy atom. The molecule has 152 valence electrons. The molecule has 1 heterocycles. The molecule has 0 unspecified atom stereocenters. The first kappa shape index (κ1) is 21.3. The second-order valence-corrected chi connectivity index (χ2v) is 8.73. The minimum absolute atomic E-state index is 0.0244. The lowest BCUT2D eigenvalue weighted by atomic mass is 9.73. The minimum Gasteiger partial charge on any atom is -0.508 e. The Labute approximate surface area is 176 Å². The zero-order chi connectivity index (χ0) is 20.5. The molecule has 0 fully saturated rings. The lowest BCUT2D eigenvalue weighted by Gasteiger charge is -2.40. The number of rotatable bonds is 6. The molecule has 4 nitrogen and oxygen atoms in total. The lowest BCUT2D eigenvalue weighted by molar-refractivity contribution is 0.0800. The van der Waals surface area contributed by atoms with Crippen molar-refractivity contribution in [1.29, 1.82) is 0 Å². The second-order valence-electron chi connectivity index (χ2n) is 7.38. The van der Waals surface area contributed by atoms with Crippen molar-refractivity contribution in [1.82, 2.24) is 0 Å². The van der Waals surface area contributed by atoms with Gasteiger partial charge in [0.1, 0.15) is 5.75 Å². The number of hydrogen-bond donors (Lipinski definition) is 4. The van der Waals surface area contributed by atoms with Gasteiger partial charge in [0.15, 0.2) is 0 Å². The van der Waals surface area contributed by atoms with Crippen molar-refractivity contribution in [3.8, 4) is 5.75 Å². The van der Waals surface area contributed by atoms with E-state index in [1.165, 1.54) is 6.07 Å². The summed E-state index contributed by atoms with van der Waals surface area (Å²) in [5, 5.41) is 32.0. The molecule has 0 bridgehead atoms. The molecule has 2 aromatic carbocycles. The first-order valence-electron chi connectivity index (χ1n) is 9.26. The molecule has 2 aromatic rings. The summed E-state index contributed by atoms with van der Waals surface area (Å²) in [7, 11) is 0. The number of aromatic hydroxyl groups is 1. The largest absolute Gasteiger partial charge is 0.508 e. The number of alkyl halides is 3. The number of phenols is 1. The van der Waals surface area contributed by atoms with Crippen LogP contribution in [0.1, 0.15) is 48.4 Å². The van der Waals surface area contributed by atoms with E-state index in [0.29, 0.717) is 12.8 Å². The van der Waals surface area contributed by atoms with Crippen LogP contribution in [0.15, 0.2) is 42.5 Å². The highest BCUT2D eigenvalue weighted by atomic mass is 127. The van der Waals surface area contributed by atoms with Crippen molar-refractivity contribution in [2.45, 2.75) is 41.8 Å². The van der Waals surface area contributed by atoms with Crippen LogP contribution in [0.4, 0.5) is 14.5 Å². The van der Waals surface area contributed by atoms with Crippen LogP contribution in [0.25, 0.3) is 0 Å². The molecular weight excluding hydrogens is 479 g/mol. The Hall–Kier alpha value is -1.45. The Balaban J connectivity index is 1.98. The molecule has 4 atom stereocenters. The summed E-state index contributed by atoms with van der Waals surface area (Å²) in [6.07, 6.45) is 0.226. The molecule has 3 rings (SSSR count). The fraction of sp³-hybridized carbons (Fsp3) is 0.429. The monoisotopic (exact) mass is 503 g/mol. The molecule has 0 spiro atoms. The fourth-order valence-electron chi connectivity index (χ4n) is 3.95. The van der Waals surface area contributed by atoms with E-state index in [0.717, 1.165) is 39.4 Å². The van der Waals surface area contributed by atoms with Crippen molar-refractivity contribution >= 4 is 28.3 Å². The standard InChI is InChI=1S/C21H24F2INO3/c1-12-17(8-7-16(28)11-26)20(13-2-5-15(27)6-3-13)25-19-9-4-14(10-18(12)19)21(22,23)24/h2-6,9-10,12,16-17,20,25-28H,7-8,11H2,1H3/t12-,16+,17+,20-/m0/s1. The first-order valence-corrected chi connectivity index (χ1v) is 10.3. The molecule has 0 saturated heterocycles. The normalized spacial score (nSPS) is 23.0. The molecule has 7 heteroatoms. The highest BCUT2D eigenvalue weighted by molar-refractivity contribution is 14.1. The number of fused-ring (bicyclic) bond motifs is 1. The number of hydrogen-bond acceptors (Lipinski definition) is 4. The topological polar surface area (TPSA) is 72.7 Å². The van der Waals surface area contributed by atoms with Gasteiger partial charge in [-0.2, -0.15) is 8.78 Å². The van der Waals surface area contributed by atoms with Crippen molar-refractivity contribution in [2.24, 2.45) is 5.92 Å². The summed E-state index contributed by atoms with van der Waals surface area (Å²) in [5.74, 6) is 0.171. The zero-order valence-corrected chi connectivity index (χ0v) is 17.6. The summed E-state index contributed by atoms with van der Waals surface area (Å²) in [4.78, 5) is 0. The Bertz CT molecular complexity index is 810. The number of nitrogens with one attached hydrogen (secondary N) is 1. The Morgan fingerprint density at radius 1 is 1.18 bits per heavy atom. The van der Waals surface area contributed by atoms with Gasteiger partial charge in [-0.25, -0.2) is 0 Å². The third-order valence-electron chi connectivity index (χ3n) is 5.55. The molecule has 1 aliphatic heterocycles. The number of aliphatic hydroxyl groups is 2. The maximum atomic E-state index is 13.8. The zero-order valence-electron chi connectivity index (χ0n) is 15.4. The Kier molecular flexibility index (Phi) is 6.46. The highest BCUT2D eigenvalue weighted by Gasteiger charge is 2.37. The van der Waals surface area contributed by atoms with Crippen LogP contribution >= 0.6 is 22.6 Å². The highest BCUT2D eigenvalue weighted by Crippen LogP contribution is 2.48. The average Bonchev–Trinajstić information content (AvgIpc) is 2.66. The number of benzene rings is 2. The van der Waals surface area contributed by atoms with Gasteiger partial charge >= 0.3 is 3.93 Å². The molecular formula is C21H24F2INO3. The molecule has 0 aromatic heterocycles. The average molecular weight is 503 g/mol. The third-order valence-corrected chi connectivity index (χ3v) is 6.17. The number of anilines is 1. The van der Waals surface area contributed by atoms with Crippen LogP contribution < -0.4 is 5.32 Å². The van der Waals surface area contributed by atoms with Crippen LogP contribution in [0.3, 0.4) is 0 Å². The van der Waals surface area contributed by atoms with Crippen LogP contribution in [0.2, 0.25) is 0 Å². The SMILES string of the molecule is C[C@@H]1c2cc(C(F)(F)I)ccc2N[C@@H](c2ccc(O)cc2)[C@@H]1CC[C@@H](O)CO. The van der Waals surface area contributed by atoms with Gasteiger partial charge in [-0.15, -0.1) is 0 Å². The number of halogens is 3. The second kappa shape index (κ2) is 8.51. The van der Waals surface area contributed by atoms with Crippen LogP contribution in [0.5, 0.6) is 5.75 Å². The summed E-state index contributed by atoms with van der Waals surface area (Å²) in [5.41, 5.74) is 2.58. The molecule has 0 saturated carbocycles. The molecule has 0 aliphatic carbocycles. The van der Waals surface area contributed by atoms with Gasteiger partial charge in [-0.3, -0.25) is 0 Å². The van der Waals surface area contributed by atoms with Crippen LogP contribution in [-0.4, -0.2) is 28.0 Å². The summed E-state index contributed by atoms with van der Waals surface area (Å²) in [6, 6.07) is 11.5. The summed E-state index contributed by atoms with van der Waals surface area (Å²) < 4.78 is 24.7. The fourth-order valence-corrected chi connectivity index (χ4v) is 4.28. The van der Waals surface area contributed by atoms with Gasteiger partial charge in [0.05, 0.1) is 18.8 Å². The van der Waals surface area contributed by atoms with E-state index in [9.17, 15) is 19.0 Å². The lowest BCUT2D eigenvalue weighted by Crippen LogP contribution is -2.32. The van der Waals surface area contributed by atoms with Gasteiger partial charge in [0, 0.05) is 33.8 Å². The molecule has 0 radical (unpaired) electrons. The molecule has 1 aliphatic rings. The predicted octanol–water partition coefficient (Wildman–Crippen LogP) is 4.90. The maximum Gasteiger partial charge on any atom is 0.321 e. The van der Waals surface area contributed by atoms with E-state index in [4.69, 9.17) is 5.11 Å². The van der Waals surface area contributed by atoms with Gasteiger partial charge in [0.2, 0.25) is 0 Å². The predicted molar refractivity (Wildman–Crippen MR) is 113 cm³/mol. The molecule has 4 N–H and O–H groups in total. The third kappa shape index (κ3) is 4.58. The smallest absolute Gasteiger partial charge is 0.321 e. The van der Waals surface area contributed by atoms with E-state index in [-0.39, 0.29) is 35.8 Å². The summed E-state index contributed by atoms with van der Waals surface area (Å²) >= 11 is 1.14. The van der Waals surface area contributed by atoms with Crippen LogP contribution in [0, 0.1) is 5.92 Å². The quantitative estimate of drug-likeness (QED) is 0.335. The first-order chi connectivity index (χ1) is 13.2. The van der Waals surface area contributed by atoms with Gasteiger partial charge < -0.3 is 20.6 Å². The van der Waals surface area contributed by atoms with Crippen LogP contribution in [-0.2, 0) is 3.93 Å². The van der Waals surface area contributed by atoms with E-state index < -0.39 is 10.0 Å². The van der Waals surface area contributed by atoms with E-state index in [1.54, 1.807) is 24.3 Å². The molecule has 0 amide bonds.